The minimum atomic E-state index is 0.0298. The molecule has 146 valence electrons. The fourth-order valence-electron chi connectivity index (χ4n) is 3.92. The molecule has 1 fully saturated rings. The Kier molecular flexibility index (Phi) is 4.82. The number of aromatic amines is 1. The summed E-state index contributed by atoms with van der Waals surface area (Å²) >= 11 is 1.88. The van der Waals surface area contributed by atoms with Gasteiger partial charge in [0, 0.05) is 51.0 Å². The van der Waals surface area contributed by atoms with Gasteiger partial charge in [-0.15, -0.1) is 0 Å². The van der Waals surface area contributed by atoms with Gasteiger partial charge in [0.15, 0.2) is 0 Å². The predicted octanol–water partition coefficient (Wildman–Crippen LogP) is 1.73. The summed E-state index contributed by atoms with van der Waals surface area (Å²) in [5.74, 6) is 2.97. The first kappa shape index (κ1) is 17.8. The number of benzene rings is 1. The Bertz CT molecular complexity index is 1000. The van der Waals surface area contributed by atoms with E-state index in [1.807, 2.05) is 30.0 Å². The van der Waals surface area contributed by atoms with Crippen molar-refractivity contribution >= 4 is 28.7 Å². The van der Waals surface area contributed by atoms with Crippen LogP contribution in [0.2, 0.25) is 0 Å². The molecular weight excluding hydrogens is 372 g/mol. The van der Waals surface area contributed by atoms with Crippen molar-refractivity contribution in [2.75, 3.05) is 43.4 Å². The Morgan fingerprint density at radius 1 is 1.11 bits per heavy atom. The number of piperazine rings is 1. The van der Waals surface area contributed by atoms with E-state index in [4.69, 9.17) is 4.98 Å². The zero-order chi connectivity index (χ0) is 18.9. The zero-order valence-corrected chi connectivity index (χ0v) is 16.6. The number of H-pyrrole nitrogens is 1. The quantitative estimate of drug-likeness (QED) is 0.724. The molecule has 2 aromatic heterocycles. The third kappa shape index (κ3) is 3.54. The molecule has 1 aromatic carbocycles. The Morgan fingerprint density at radius 3 is 2.82 bits per heavy atom. The smallest absolute Gasteiger partial charge is 0.267 e. The van der Waals surface area contributed by atoms with Gasteiger partial charge in [0.1, 0.15) is 0 Å². The van der Waals surface area contributed by atoms with Crippen molar-refractivity contribution < 1.29 is 0 Å². The van der Waals surface area contributed by atoms with E-state index in [1.54, 1.807) is 10.7 Å². The van der Waals surface area contributed by atoms with Crippen LogP contribution in [0.5, 0.6) is 0 Å². The molecular formula is C20H24N6OS. The van der Waals surface area contributed by atoms with Gasteiger partial charge in [-0.3, -0.25) is 9.69 Å². The fraction of sp³-hybridized carbons (Fsp3) is 0.450. The lowest BCUT2D eigenvalue weighted by atomic mass is 10.2. The fourth-order valence-corrected chi connectivity index (χ4v) is 4.87. The number of nitrogens with one attached hydrogen (secondary N) is 1. The van der Waals surface area contributed by atoms with Crippen molar-refractivity contribution in [3.05, 3.63) is 51.9 Å². The molecule has 0 bridgehead atoms. The minimum Gasteiger partial charge on any atom is -0.340 e. The molecule has 1 N–H and O–H groups in total. The van der Waals surface area contributed by atoms with Crippen molar-refractivity contribution in [2.24, 2.45) is 0 Å². The van der Waals surface area contributed by atoms with Crippen LogP contribution in [0.25, 0.3) is 11.0 Å². The molecule has 0 spiro atoms. The molecule has 0 atom stereocenters. The van der Waals surface area contributed by atoms with Gasteiger partial charge in [0.25, 0.3) is 5.56 Å². The minimum absolute atomic E-state index is 0.0298. The van der Waals surface area contributed by atoms with E-state index in [2.05, 4.69) is 25.9 Å². The second kappa shape index (κ2) is 7.60. The first-order chi connectivity index (χ1) is 13.8. The molecule has 0 aliphatic carbocycles. The van der Waals surface area contributed by atoms with Crippen LogP contribution in [-0.2, 0) is 18.7 Å². The molecule has 5 rings (SSSR count). The molecule has 4 heterocycles. The van der Waals surface area contributed by atoms with Crippen LogP contribution in [0.15, 0.2) is 35.1 Å². The van der Waals surface area contributed by atoms with E-state index in [1.165, 1.54) is 0 Å². The second-order valence-electron chi connectivity index (χ2n) is 7.39. The number of anilines is 1. The van der Waals surface area contributed by atoms with Crippen molar-refractivity contribution in [2.45, 2.75) is 18.7 Å². The molecule has 2 aliphatic rings. The van der Waals surface area contributed by atoms with Gasteiger partial charge < -0.3 is 9.88 Å². The standard InChI is InChI=1S/C20H24N6OS/c27-19-13-15-14-28-12-5-16(15)23-26(19)11-8-24-6-9-25(10-7-24)20-21-17-3-1-2-4-18(17)22-20/h1-4,13H,5-12,14H2,(H,21,22). The van der Waals surface area contributed by atoms with Gasteiger partial charge in [0.2, 0.25) is 5.95 Å². The number of rotatable bonds is 4. The van der Waals surface area contributed by atoms with Gasteiger partial charge in [-0.2, -0.15) is 16.9 Å². The summed E-state index contributed by atoms with van der Waals surface area (Å²) in [5, 5.41) is 4.62. The topological polar surface area (TPSA) is 70.1 Å². The lowest BCUT2D eigenvalue weighted by Gasteiger charge is -2.34. The van der Waals surface area contributed by atoms with E-state index in [9.17, 15) is 4.79 Å². The number of aryl methyl sites for hydroxylation is 1. The Labute approximate surface area is 167 Å². The average Bonchev–Trinajstić information content (AvgIpc) is 3.17. The summed E-state index contributed by atoms with van der Waals surface area (Å²) in [6.45, 7) is 5.31. The number of thioether (sulfide) groups is 1. The summed E-state index contributed by atoms with van der Waals surface area (Å²) in [7, 11) is 0. The van der Waals surface area contributed by atoms with E-state index >= 15 is 0 Å². The van der Waals surface area contributed by atoms with Crippen molar-refractivity contribution in [3.63, 3.8) is 0 Å². The summed E-state index contributed by atoms with van der Waals surface area (Å²) < 4.78 is 1.65. The maximum Gasteiger partial charge on any atom is 0.267 e. The van der Waals surface area contributed by atoms with Crippen LogP contribution in [0.4, 0.5) is 5.95 Å². The van der Waals surface area contributed by atoms with Crippen LogP contribution >= 0.6 is 11.8 Å². The third-order valence-electron chi connectivity index (χ3n) is 5.58. The highest BCUT2D eigenvalue weighted by atomic mass is 32.2. The van der Waals surface area contributed by atoms with Gasteiger partial charge in [-0.25, -0.2) is 9.67 Å². The summed E-state index contributed by atoms with van der Waals surface area (Å²) in [5.41, 5.74) is 4.35. The summed E-state index contributed by atoms with van der Waals surface area (Å²) in [6, 6.07) is 9.92. The normalized spacial score (nSPS) is 17.8. The summed E-state index contributed by atoms with van der Waals surface area (Å²) in [4.78, 5) is 25.2. The maximum absolute atomic E-state index is 12.3. The Hall–Kier alpha value is -2.32. The summed E-state index contributed by atoms with van der Waals surface area (Å²) in [6.07, 6.45) is 0.969. The highest BCUT2D eigenvalue weighted by molar-refractivity contribution is 7.98. The molecule has 8 heteroatoms. The maximum atomic E-state index is 12.3. The van der Waals surface area contributed by atoms with Crippen LogP contribution in [0, 0.1) is 0 Å². The highest BCUT2D eigenvalue weighted by Gasteiger charge is 2.20. The van der Waals surface area contributed by atoms with Gasteiger partial charge >= 0.3 is 0 Å². The van der Waals surface area contributed by atoms with E-state index in [0.29, 0.717) is 6.54 Å². The molecule has 0 saturated carbocycles. The molecule has 7 nitrogen and oxygen atoms in total. The zero-order valence-electron chi connectivity index (χ0n) is 15.8. The monoisotopic (exact) mass is 396 g/mol. The van der Waals surface area contributed by atoms with E-state index in [-0.39, 0.29) is 5.56 Å². The first-order valence-electron chi connectivity index (χ1n) is 9.86. The van der Waals surface area contributed by atoms with Crippen molar-refractivity contribution in [1.29, 1.82) is 0 Å². The van der Waals surface area contributed by atoms with Crippen molar-refractivity contribution in [1.82, 2.24) is 24.6 Å². The van der Waals surface area contributed by atoms with Crippen LogP contribution < -0.4 is 10.5 Å². The lowest BCUT2D eigenvalue weighted by Crippen LogP contribution is -2.48. The van der Waals surface area contributed by atoms with Crippen LogP contribution in [0.1, 0.15) is 11.3 Å². The SMILES string of the molecule is O=c1cc2c(nn1CCN1CCN(c3nc4ccccc4[nH]3)CC1)CCSC2. The van der Waals surface area contributed by atoms with Gasteiger partial charge in [-0.05, 0) is 23.4 Å². The van der Waals surface area contributed by atoms with Crippen LogP contribution in [-0.4, -0.2) is 63.1 Å². The average molecular weight is 397 g/mol. The van der Waals surface area contributed by atoms with Gasteiger partial charge in [0.05, 0.1) is 23.3 Å². The highest BCUT2D eigenvalue weighted by Crippen LogP contribution is 2.21. The Morgan fingerprint density at radius 2 is 1.96 bits per heavy atom. The number of imidazole rings is 1. The predicted molar refractivity (Wildman–Crippen MR) is 113 cm³/mol. The number of fused-ring (bicyclic) bond motifs is 2. The third-order valence-corrected chi connectivity index (χ3v) is 6.59. The molecule has 3 aromatic rings. The molecule has 0 radical (unpaired) electrons. The molecule has 28 heavy (non-hydrogen) atoms. The number of hydrogen-bond acceptors (Lipinski definition) is 6. The second-order valence-corrected chi connectivity index (χ2v) is 8.49. The molecule has 0 amide bonds. The molecule has 0 unspecified atom stereocenters. The number of hydrogen-bond donors (Lipinski definition) is 1. The number of para-hydroxylation sites is 2. The molecule has 1 saturated heterocycles. The van der Waals surface area contributed by atoms with Gasteiger partial charge in [-0.1, -0.05) is 12.1 Å². The lowest BCUT2D eigenvalue weighted by molar-refractivity contribution is 0.241. The van der Waals surface area contributed by atoms with Crippen LogP contribution in [0.3, 0.4) is 0 Å². The van der Waals surface area contributed by atoms with E-state index in [0.717, 1.165) is 78.9 Å². The Balaban J connectivity index is 1.19. The molecule has 2 aliphatic heterocycles. The van der Waals surface area contributed by atoms with E-state index < -0.39 is 0 Å². The van der Waals surface area contributed by atoms with Crippen molar-refractivity contribution in [3.8, 4) is 0 Å². The number of nitrogens with zero attached hydrogens (tertiary/aromatic N) is 5. The number of aromatic nitrogens is 4. The largest absolute Gasteiger partial charge is 0.340 e. The first-order valence-corrected chi connectivity index (χ1v) is 11.0.